The van der Waals surface area contributed by atoms with Crippen LogP contribution in [0.1, 0.15) is 5.56 Å². The van der Waals surface area contributed by atoms with E-state index in [2.05, 4.69) is 49.0 Å². The highest BCUT2D eigenvalue weighted by Crippen LogP contribution is 2.21. The van der Waals surface area contributed by atoms with Crippen LogP contribution in [0.25, 0.3) is 0 Å². The number of halogens is 2. The number of hydrogen-bond donors (Lipinski definition) is 0. The van der Waals surface area contributed by atoms with E-state index in [-0.39, 0.29) is 0 Å². The molecule has 0 bridgehead atoms. The standard InChI is InChI=1S/C10H8Br2N2/c11-9-10(12)14(7-13-9)6-8-4-2-1-3-5-8/h1-5,7H,6H2. The first-order valence-electron chi connectivity index (χ1n) is 4.17. The summed E-state index contributed by atoms with van der Waals surface area (Å²) in [5.74, 6) is 0. The average molecular weight is 316 g/mol. The lowest BCUT2D eigenvalue weighted by Crippen LogP contribution is -1.97. The topological polar surface area (TPSA) is 17.8 Å². The van der Waals surface area contributed by atoms with E-state index in [0.29, 0.717) is 0 Å². The minimum absolute atomic E-state index is 0.833. The van der Waals surface area contributed by atoms with Gasteiger partial charge in [-0.05, 0) is 37.4 Å². The number of hydrogen-bond acceptors (Lipinski definition) is 1. The molecule has 0 spiro atoms. The SMILES string of the molecule is Brc1ncn(Cc2ccccc2)c1Br. The Hall–Kier alpha value is -0.610. The third kappa shape index (κ3) is 2.07. The molecule has 0 saturated heterocycles. The summed E-state index contributed by atoms with van der Waals surface area (Å²) >= 11 is 6.81. The molecule has 1 aromatic carbocycles. The van der Waals surface area contributed by atoms with Crippen LogP contribution < -0.4 is 0 Å². The second-order valence-electron chi connectivity index (χ2n) is 2.94. The molecule has 0 unspecified atom stereocenters. The van der Waals surface area contributed by atoms with Gasteiger partial charge < -0.3 is 4.57 Å². The van der Waals surface area contributed by atoms with E-state index in [1.54, 1.807) is 6.33 Å². The molecule has 14 heavy (non-hydrogen) atoms. The van der Waals surface area contributed by atoms with Gasteiger partial charge in [-0.2, -0.15) is 0 Å². The Bertz CT molecular complexity index is 423. The molecule has 1 heterocycles. The van der Waals surface area contributed by atoms with Crippen molar-refractivity contribution in [3.8, 4) is 0 Å². The van der Waals surface area contributed by atoms with Crippen molar-refractivity contribution in [1.82, 2.24) is 9.55 Å². The fourth-order valence-corrected chi connectivity index (χ4v) is 1.87. The molecule has 72 valence electrons. The molecular formula is C10H8Br2N2. The first-order valence-corrected chi connectivity index (χ1v) is 5.76. The summed E-state index contributed by atoms with van der Waals surface area (Å²) in [6, 6.07) is 10.3. The normalized spacial score (nSPS) is 10.4. The number of rotatable bonds is 2. The van der Waals surface area contributed by atoms with E-state index in [1.807, 2.05) is 22.8 Å². The van der Waals surface area contributed by atoms with Crippen LogP contribution in [-0.4, -0.2) is 9.55 Å². The molecule has 4 heteroatoms. The predicted octanol–water partition coefficient (Wildman–Crippen LogP) is 3.46. The molecule has 0 fully saturated rings. The molecule has 0 aliphatic heterocycles. The second kappa shape index (κ2) is 4.28. The summed E-state index contributed by atoms with van der Waals surface area (Å²) in [7, 11) is 0. The molecule has 0 amide bonds. The number of nitrogens with zero attached hydrogens (tertiary/aromatic N) is 2. The highest BCUT2D eigenvalue weighted by atomic mass is 79.9. The highest BCUT2D eigenvalue weighted by Gasteiger charge is 2.04. The lowest BCUT2D eigenvalue weighted by molar-refractivity contribution is 0.779. The van der Waals surface area contributed by atoms with Crippen LogP contribution >= 0.6 is 31.9 Å². The summed E-state index contributed by atoms with van der Waals surface area (Å²) in [5.41, 5.74) is 1.26. The Kier molecular flexibility index (Phi) is 3.03. The van der Waals surface area contributed by atoms with Crippen molar-refractivity contribution >= 4 is 31.9 Å². The van der Waals surface area contributed by atoms with Crippen LogP contribution in [0, 0.1) is 0 Å². The van der Waals surface area contributed by atoms with E-state index in [1.165, 1.54) is 5.56 Å². The molecule has 1 aromatic heterocycles. The quantitative estimate of drug-likeness (QED) is 0.830. The molecule has 2 aromatic rings. The van der Waals surface area contributed by atoms with Crippen molar-refractivity contribution < 1.29 is 0 Å². The van der Waals surface area contributed by atoms with Gasteiger partial charge >= 0.3 is 0 Å². The first kappa shape index (κ1) is 9.93. The monoisotopic (exact) mass is 314 g/mol. The van der Waals surface area contributed by atoms with Crippen LogP contribution in [-0.2, 0) is 6.54 Å². The van der Waals surface area contributed by atoms with Crippen molar-refractivity contribution in [3.63, 3.8) is 0 Å². The fraction of sp³-hybridized carbons (Fsp3) is 0.100. The van der Waals surface area contributed by atoms with Crippen molar-refractivity contribution in [3.05, 3.63) is 51.4 Å². The summed E-state index contributed by atoms with van der Waals surface area (Å²) in [4.78, 5) is 4.15. The summed E-state index contributed by atoms with van der Waals surface area (Å²) in [6.45, 7) is 0.833. The van der Waals surface area contributed by atoms with Crippen LogP contribution in [0.3, 0.4) is 0 Å². The van der Waals surface area contributed by atoms with Crippen molar-refractivity contribution in [1.29, 1.82) is 0 Å². The summed E-state index contributed by atoms with van der Waals surface area (Å²) in [5, 5.41) is 0. The van der Waals surface area contributed by atoms with Gasteiger partial charge in [-0.25, -0.2) is 4.98 Å². The van der Waals surface area contributed by atoms with Crippen LogP contribution in [0.4, 0.5) is 0 Å². The Morgan fingerprint density at radius 2 is 1.86 bits per heavy atom. The van der Waals surface area contributed by atoms with Gasteiger partial charge in [0.25, 0.3) is 0 Å². The van der Waals surface area contributed by atoms with E-state index >= 15 is 0 Å². The number of imidazole rings is 1. The van der Waals surface area contributed by atoms with Gasteiger partial charge in [0.15, 0.2) is 0 Å². The Morgan fingerprint density at radius 3 is 2.43 bits per heavy atom. The average Bonchev–Trinajstić information content (AvgIpc) is 2.52. The van der Waals surface area contributed by atoms with E-state index in [9.17, 15) is 0 Å². The third-order valence-electron chi connectivity index (χ3n) is 1.93. The van der Waals surface area contributed by atoms with E-state index < -0.39 is 0 Å². The van der Waals surface area contributed by atoms with Gasteiger partial charge in [0.1, 0.15) is 9.21 Å². The molecule has 0 N–H and O–H groups in total. The molecule has 0 atom stereocenters. The predicted molar refractivity (Wildman–Crippen MR) is 63.2 cm³/mol. The summed E-state index contributed by atoms with van der Waals surface area (Å²) < 4.78 is 3.86. The summed E-state index contributed by atoms with van der Waals surface area (Å²) in [6.07, 6.45) is 1.81. The molecule has 0 saturated carbocycles. The molecule has 0 radical (unpaired) electrons. The van der Waals surface area contributed by atoms with Gasteiger partial charge in [0.2, 0.25) is 0 Å². The zero-order chi connectivity index (χ0) is 9.97. The number of aromatic nitrogens is 2. The van der Waals surface area contributed by atoms with Gasteiger partial charge in [0.05, 0.1) is 6.33 Å². The second-order valence-corrected chi connectivity index (χ2v) is 4.44. The van der Waals surface area contributed by atoms with Gasteiger partial charge in [-0.1, -0.05) is 30.3 Å². The van der Waals surface area contributed by atoms with Crippen molar-refractivity contribution in [2.24, 2.45) is 0 Å². The Balaban J connectivity index is 2.23. The first-order chi connectivity index (χ1) is 6.77. The third-order valence-corrected chi connectivity index (χ3v) is 3.87. The molecule has 0 aliphatic carbocycles. The van der Waals surface area contributed by atoms with Crippen LogP contribution in [0.5, 0.6) is 0 Å². The Morgan fingerprint density at radius 1 is 1.14 bits per heavy atom. The van der Waals surface area contributed by atoms with E-state index in [0.717, 1.165) is 15.8 Å². The molecule has 2 nitrogen and oxygen atoms in total. The maximum absolute atomic E-state index is 4.15. The largest absolute Gasteiger partial charge is 0.320 e. The maximum atomic E-state index is 4.15. The van der Waals surface area contributed by atoms with E-state index in [4.69, 9.17) is 0 Å². The van der Waals surface area contributed by atoms with Gasteiger partial charge in [-0.3, -0.25) is 0 Å². The van der Waals surface area contributed by atoms with Crippen LogP contribution in [0.2, 0.25) is 0 Å². The minimum Gasteiger partial charge on any atom is -0.320 e. The van der Waals surface area contributed by atoms with Crippen LogP contribution in [0.15, 0.2) is 45.9 Å². The zero-order valence-electron chi connectivity index (χ0n) is 7.32. The van der Waals surface area contributed by atoms with Gasteiger partial charge in [-0.15, -0.1) is 0 Å². The lowest BCUT2D eigenvalue weighted by Gasteiger charge is -2.03. The lowest BCUT2D eigenvalue weighted by atomic mass is 10.2. The molecule has 0 aliphatic rings. The zero-order valence-corrected chi connectivity index (χ0v) is 10.5. The molecular weight excluding hydrogens is 308 g/mol. The van der Waals surface area contributed by atoms with Crippen molar-refractivity contribution in [2.45, 2.75) is 6.54 Å². The fourth-order valence-electron chi connectivity index (χ4n) is 1.23. The van der Waals surface area contributed by atoms with Crippen molar-refractivity contribution in [2.75, 3.05) is 0 Å². The maximum Gasteiger partial charge on any atom is 0.138 e. The highest BCUT2D eigenvalue weighted by molar-refractivity contribution is 9.13. The van der Waals surface area contributed by atoms with Gasteiger partial charge in [0, 0.05) is 6.54 Å². The Labute approximate surface area is 99.2 Å². The number of benzene rings is 1. The minimum atomic E-state index is 0.833. The molecule has 2 rings (SSSR count). The smallest absolute Gasteiger partial charge is 0.138 e.